The first-order valence-electron chi connectivity index (χ1n) is 4.89. The second kappa shape index (κ2) is 4.40. The predicted molar refractivity (Wildman–Crippen MR) is 56.7 cm³/mol. The number of halogens is 2. The summed E-state index contributed by atoms with van der Waals surface area (Å²) in [7, 11) is 0. The number of nitrogens with one attached hydrogen (secondary N) is 1. The van der Waals surface area contributed by atoms with Crippen molar-refractivity contribution in [3.05, 3.63) is 41.7 Å². The molecule has 0 saturated heterocycles. The minimum atomic E-state index is -0.619. The zero-order valence-electron chi connectivity index (χ0n) is 8.50. The van der Waals surface area contributed by atoms with Crippen LogP contribution in [0.1, 0.15) is 5.69 Å². The Hall–Kier alpha value is -1.75. The molecule has 0 radical (unpaired) electrons. The summed E-state index contributed by atoms with van der Waals surface area (Å²) in [5.41, 5.74) is 6.63. The Bertz CT molecular complexity index is 473. The first-order chi connectivity index (χ1) is 7.69. The molecule has 1 heterocycles. The fourth-order valence-electron chi connectivity index (χ4n) is 1.48. The van der Waals surface area contributed by atoms with Crippen molar-refractivity contribution in [3.63, 3.8) is 0 Å². The lowest BCUT2D eigenvalue weighted by Gasteiger charge is -1.98. The number of hydrogen-bond donors (Lipinski definition) is 2. The van der Waals surface area contributed by atoms with E-state index in [1.54, 1.807) is 6.20 Å². The number of nitrogens with zero attached hydrogens (tertiary/aromatic N) is 1. The topological polar surface area (TPSA) is 54.7 Å². The van der Waals surface area contributed by atoms with Crippen LogP contribution < -0.4 is 5.73 Å². The van der Waals surface area contributed by atoms with E-state index >= 15 is 0 Å². The van der Waals surface area contributed by atoms with Gasteiger partial charge in [0.2, 0.25) is 0 Å². The third-order valence-electron chi connectivity index (χ3n) is 2.18. The lowest BCUT2D eigenvalue weighted by molar-refractivity contribution is 0.584. The zero-order valence-corrected chi connectivity index (χ0v) is 8.50. The Labute approximate surface area is 91.3 Å². The minimum Gasteiger partial charge on any atom is -0.342 e. The highest BCUT2D eigenvalue weighted by Gasteiger charge is 2.06. The summed E-state index contributed by atoms with van der Waals surface area (Å²) in [6.45, 7) is 0.499. The average Bonchev–Trinajstić information content (AvgIpc) is 2.65. The van der Waals surface area contributed by atoms with Crippen molar-refractivity contribution in [3.8, 4) is 11.4 Å². The van der Waals surface area contributed by atoms with Gasteiger partial charge in [-0.2, -0.15) is 0 Å². The van der Waals surface area contributed by atoms with Gasteiger partial charge in [0.25, 0.3) is 0 Å². The molecule has 0 spiro atoms. The molecular formula is C11H11F2N3. The fourth-order valence-corrected chi connectivity index (χ4v) is 1.48. The van der Waals surface area contributed by atoms with E-state index in [1.165, 1.54) is 12.1 Å². The molecule has 5 heteroatoms. The Kier molecular flexibility index (Phi) is 2.96. The van der Waals surface area contributed by atoms with Crippen molar-refractivity contribution in [2.75, 3.05) is 6.54 Å². The van der Waals surface area contributed by atoms with E-state index in [-0.39, 0.29) is 0 Å². The summed E-state index contributed by atoms with van der Waals surface area (Å²) in [5.74, 6) is -0.791. The Balaban J connectivity index is 2.34. The lowest BCUT2D eigenvalue weighted by atomic mass is 10.2. The zero-order chi connectivity index (χ0) is 11.5. The van der Waals surface area contributed by atoms with Gasteiger partial charge in [0.05, 0.1) is 0 Å². The number of hydrogen-bond acceptors (Lipinski definition) is 2. The molecule has 0 unspecified atom stereocenters. The summed E-state index contributed by atoms with van der Waals surface area (Å²) >= 11 is 0. The van der Waals surface area contributed by atoms with Crippen LogP contribution in [0.15, 0.2) is 24.4 Å². The Morgan fingerprint density at radius 2 is 1.88 bits per heavy atom. The number of benzene rings is 1. The number of aromatic amines is 1. The van der Waals surface area contributed by atoms with E-state index in [1.807, 2.05) is 0 Å². The van der Waals surface area contributed by atoms with E-state index in [4.69, 9.17) is 5.73 Å². The second-order valence-corrected chi connectivity index (χ2v) is 3.45. The second-order valence-electron chi connectivity index (χ2n) is 3.45. The molecule has 0 fully saturated rings. The lowest BCUT2D eigenvalue weighted by Crippen LogP contribution is -2.02. The normalized spacial score (nSPS) is 10.7. The van der Waals surface area contributed by atoms with Gasteiger partial charge >= 0.3 is 0 Å². The van der Waals surface area contributed by atoms with Gasteiger partial charge in [-0.3, -0.25) is 0 Å². The maximum Gasteiger partial charge on any atom is 0.137 e. The molecule has 84 valence electrons. The van der Waals surface area contributed by atoms with Crippen LogP contribution in [0.25, 0.3) is 11.4 Å². The van der Waals surface area contributed by atoms with Gasteiger partial charge in [-0.1, -0.05) is 0 Å². The largest absolute Gasteiger partial charge is 0.342 e. The van der Waals surface area contributed by atoms with Crippen LogP contribution in [0.5, 0.6) is 0 Å². The van der Waals surface area contributed by atoms with E-state index in [2.05, 4.69) is 9.97 Å². The molecule has 1 aromatic heterocycles. The van der Waals surface area contributed by atoms with Crippen molar-refractivity contribution in [1.29, 1.82) is 0 Å². The third-order valence-corrected chi connectivity index (χ3v) is 2.18. The van der Waals surface area contributed by atoms with E-state index in [0.29, 0.717) is 24.4 Å². The van der Waals surface area contributed by atoms with Crippen LogP contribution in [0.4, 0.5) is 8.78 Å². The predicted octanol–water partition coefficient (Wildman–Crippen LogP) is 1.86. The van der Waals surface area contributed by atoms with Gasteiger partial charge in [-0.25, -0.2) is 13.8 Å². The first-order valence-corrected chi connectivity index (χ1v) is 4.89. The number of aromatic nitrogens is 2. The Morgan fingerprint density at radius 3 is 2.50 bits per heavy atom. The molecule has 3 N–H and O–H groups in total. The molecule has 2 rings (SSSR count). The summed E-state index contributed by atoms with van der Waals surface area (Å²) in [6.07, 6.45) is 2.27. The van der Waals surface area contributed by atoms with Crippen LogP contribution >= 0.6 is 0 Å². The molecule has 0 amide bonds. The number of H-pyrrole nitrogens is 1. The van der Waals surface area contributed by atoms with Gasteiger partial charge in [0.1, 0.15) is 17.5 Å². The molecule has 0 atom stereocenters. The highest BCUT2D eigenvalue weighted by atomic mass is 19.1. The van der Waals surface area contributed by atoms with Gasteiger partial charge in [0.15, 0.2) is 0 Å². The SMILES string of the molecule is NCCc1cnc(-c2cc(F)cc(F)c2)[nH]1. The van der Waals surface area contributed by atoms with Crippen LogP contribution in [0.2, 0.25) is 0 Å². The van der Waals surface area contributed by atoms with E-state index in [0.717, 1.165) is 11.8 Å². The van der Waals surface area contributed by atoms with Crippen molar-refractivity contribution in [2.45, 2.75) is 6.42 Å². The van der Waals surface area contributed by atoms with Crippen LogP contribution in [-0.4, -0.2) is 16.5 Å². The molecule has 0 aliphatic rings. The summed E-state index contributed by atoms with van der Waals surface area (Å²) in [6, 6.07) is 3.29. The molecule has 0 bridgehead atoms. The maximum atomic E-state index is 13.0. The molecule has 0 saturated carbocycles. The first kappa shape index (κ1) is 10.8. The van der Waals surface area contributed by atoms with Crippen molar-refractivity contribution < 1.29 is 8.78 Å². The van der Waals surface area contributed by atoms with Crippen molar-refractivity contribution in [1.82, 2.24) is 9.97 Å². The standard InChI is InChI=1S/C11H11F2N3/c12-8-3-7(4-9(13)5-8)11-15-6-10(16-11)1-2-14/h3-6H,1-2,14H2,(H,15,16). The van der Waals surface area contributed by atoms with Crippen LogP contribution in [-0.2, 0) is 6.42 Å². The molecule has 0 aliphatic carbocycles. The Morgan fingerprint density at radius 1 is 1.19 bits per heavy atom. The quantitative estimate of drug-likeness (QED) is 0.834. The smallest absolute Gasteiger partial charge is 0.137 e. The van der Waals surface area contributed by atoms with Gasteiger partial charge in [-0.15, -0.1) is 0 Å². The van der Waals surface area contributed by atoms with Crippen LogP contribution in [0.3, 0.4) is 0 Å². The number of rotatable bonds is 3. The molecular weight excluding hydrogens is 212 g/mol. The number of nitrogens with two attached hydrogens (primary N) is 1. The third kappa shape index (κ3) is 2.25. The highest BCUT2D eigenvalue weighted by molar-refractivity contribution is 5.55. The summed E-state index contributed by atoms with van der Waals surface area (Å²) < 4.78 is 25.9. The minimum absolute atomic E-state index is 0.390. The summed E-state index contributed by atoms with van der Waals surface area (Å²) in [4.78, 5) is 7.00. The molecule has 1 aromatic carbocycles. The molecule has 2 aromatic rings. The van der Waals surface area contributed by atoms with Crippen molar-refractivity contribution >= 4 is 0 Å². The highest BCUT2D eigenvalue weighted by Crippen LogP contribution is 2.18. The molecule has 0 aliphatic heterocycles. The average molecular weight is 223 g/mol. The van der Waals surface area contributed by atoms with E-state index < -0.39 is 11.6 Å². The number of imidazole rings is 1. The summed E-state index contributed by atoms with van der Waals surface area (Å²) in [5, 5.41) is 0. The molecule has 16 heavy (non-hydrogen) atoms. The van der Waals surface area contributed by atoms with Gasteiger partial charge in [0, 0.05) is 29.9 Å². The molecule has 3 nitrogen and oxygen atoms in total. The fraction of sp³-hybridized carbons (Fsp3) is 0.182. The van der Waals surface area contributed by atoms with Gasteiger partial charge in [-0.05, 0) is 18.7 Å². The van der Waals surface area contributed by atoms with Crippen LogP contribution in [0, 0.1) is 11.6 Å². The van der Waals surface area contributed by atoms with E-state index in [9.17, 15) is 8.78 Å². The van der Waals surface area contributed by atoms with Crippen molar-refractivity contribution in [2.24, 2.45) is 5.73 Å². The van der Waals surface area contributed by atoms with Gasteiger partial charge < -0.3 is 10.7 Å². The monoisotopic (exact) mass is 223 g/mol. The maximum absolute atomic E-state index is 13.0.